The number of aryl methyl sites for hydroxylation is 1. The van der Waals surface area contributed by atoms with Gasteiger partial charge in [0, 0.05) is 26.4 Å². The van der Waals surface area contributed by atoms with E-state index in [-0.39, 0.29) is 0 Å². The Bertz CT molecular complexity index is 557. The standard InChI is InChI=1S/C13H18IN5O/c1-4-15-13-11(14)10(8-20-3)17-12(18-13)9-6-16-19(5-2)7-9/h6-7H,4-5,8H2,1-3H3,(H,15,17,18). The molecule has 7 heteroatoms. The second-order valence-electron chi connectivity index (χ2n) is 4.20. The molecule has 0 aliphatic carbocycles. The van der Waals surface area contributed by atoms with Gasteiger partial charge >= 0.3 is 0 Å². The summed E-state index contributed by atoms with van der Waals surface area (Å²) in [7, 11) is 1.67. The average molecular weight is 387 g/mol. The zero-order chi connectivity index (χ0) is 14.5. The second kappa shape index (κ2) is 6.98. The Labute approximate surface area is 132 Å². The Morgan fingerprint density at radius 1 is 1.35 bits per heavy atom. The van der Waals surface area contributed by atoms with Crippen molar-refractivity contribution in [3.05, 3.63) is 21.7 Å². The van der Waals surface area contributed by atoms with Crippen LogP contribution in [0.3, 0.4) is 0 Å². The van der Waals surface area contributed by atoms with Crippen LogP contribution in [0.15, 0.2) is 12.4 Å². The van der Waals surface area contributed by atoms with Crippen LogP contribution in [0.25, 0.3) is 11.4 Å². The van der Waals surface area contributed by atoms with E-state index in [9.17, 15) is 0 Å². The van der Waals surface area contributed by atoms with E-state index in [1.807, 2.05) is 24.7 Å². The summed E-state index contributed by atoms with van der Waals surface area (Å²) in [5.41, 5.74) is 1.80. The summed E-state index contributed by atoms with van der Waals surface area (Å²) in [4.78, 5) is 9.17. The van der Waals surface area contributed by atoms with Gasteiger partial charge in [-0.3, -0.25) is 4.68 Å². The minimum absolute atomic E-state index is 0.466. The lowest BCUT2D eigenvalue weighted by Gasteiger charge is -2.11. The van der Waals surface area contributed by atoms with Gasteiger partial charge in [0.1, 0.15) is 5.82 Å². The lowest BCUT2D eigenvalue weighted by Crippen LogP contribution is -2.08. The van der Waals surface area contributed by atoms with Crippen molar-refractivity contribution in [2.45, 2.75) is 27.0 Å². The molecular weight excluding hydrogens is 369 g/mol. The lowest BCUT2D eigenvalue weighted by atomic mass is 10.3. The molecule has 0 radical (unpaired) electrons. The van der Waals surface area contributed by atoms with Crippen LogP contribution in [-0.2, 0) is 17.9 Å². The Morgan fingerprint density at radius 3 is 2.75 bits per heavy atom. The van der Waals surface area contributed by atoms with E-state index in [4.69, 9.17) is 4.74 Å². The molecule has 1 N–H and O–H groups in total. The van der Waals surface area contributed by atoms with Gasteiger partial charge in [0.05, 0.1) is 27.6 Å². The van der Waals surface area contributed by atoms with Gasteiger partial charge in [-0.25, -0.2) is 9.97 Å². The SMILES string of the molecule is CCNc1nc(-c2cnn(CC)c2)nc(COC)c1I. The summed E-state index contributed by atoms with van der Waals surface area (Å²) in [6, 6.07) is 0. The van der Waals surface area contributed by atoms with Crippen molar-refractivity contribution in [1.82, 2.24) is 19.7 Å². The number of rotatable bonds is 6. The molecule has 0 aromatic carbocycles. The monoisotopic (exact) mass is 387 g/mol. The first-order chi connectivity index (χ1) is 9.69. The van der Waals surface area contributed by atoms with Crippen molar-refractivity contribution >= 4 is 28.4 Å². The smallest absolute Gasteiger partial charge is 0.165 e. The molecule has 6 nitrogen and oxygen atoms in total. The van der Waals surface area contributed by atoms with Gasteiger partial charge in [-0.2, -0.15) is 5.10 Å². The summed E-state index contributed by atoms with van der Waals surface area (Å²) in [6.07, 6.45) is 3.74. The second-order valence-corrected chi connectivity index (χ2v) is 5.28. The van der Waals surface area contributed by atoms with Crippen LogP contribution in [0.4, 0.5) is 5.82 Å². The molecule has 0 bridgehead atoms. The van der Waals surface area contributed by atoms with E-state index < -0.39 is 0 Å². The number of anilines is 1. The number of halogens is 1. The maximum atomic E-state index is 5.22. The molecule has 2 rings (SSSR count). The lowest BCUT2D eigenvalue weighted by molar-refractivity contribution is 0.181. The molecule has 0 saturated heterocycles. The molecule has 0 atom stereocenters. The predicted octanol–water partition coefficient (Wildman–Crippen LogP) is 2.54. The average Bonchev–Trinajstić information content (AvgIpc) is 2.92. The Kier molecular flexibility index (Phi) is 5.30. The third kappa shape index (κ3) is 3.26. The van der Waals surface area contributed by atoms with Crippen LogP contribution in [0.2, 0.25) is 0 Å². The third-order valence-electron chi connectivity index (χ3n) is 2.76. The summed E-state index contributed by atoms with van der Waals surface area (Å²) >= 11 is 2.25. The van der Waals surface area contributed by atoms with Crippen molar-refractivity contribution in [3.8, 4) is 11.4 Å². The molecular formula is C13H18IN5O. The normalized spacial score (nSPS) is 10.8. The maximum Gasteiger partial charge on any atom is 0.165 e. The van der Waals surface area contributed by atoms with Crippen LogP contribution in [-0.4, -0.2) is 33.4 Å². The van der Waals surface area contributed by atoms with Crippen molar-refractivity contribution < 1.29 is 4.74 Å². The fraction of sp³-hybridized carbons (Fsp3) is 0.462. The number of nitrogens with one attached hydrogen (secondary N) is 1. The third-order valence-corrected chi connectivity index (χ3v) is 3.89. The fourth-order valence-electron chi connectivity index (χ4n) is 1.79. The van der Waals surface area contributed by atoms with Crippen molar-refractivity contribution in [3.63, 3.8) is 0 Å². The minimum Gasteiger partial charge on any atom is -0.378 e. The highest BCUT2D eigenvalue weighted by atomic mass is 127. The van der Waals surface area contributed by atoms with Crippen LogP contribution >= 0.6 is 22.6 Å². The Morgan fingerprint density at radius 2 is 2.15 bits per heavy atom. The topological polar surface area (TPSA) is 64.9 Å². The molecule has 2 aromatic heterocycles. The van der Waals surface area contributed by atoms with Crippen molar-refractivity contribution in [2.75, 3.05) is 19.0 Å². The summed E-state index contributed by atoms with van der Waals surface area (Å²) in [5.74, 6) is 1.52. The molecule has 0 aliphatic heterocycles. The first-order valence-electron chi connectivity index (χ1n) is 6.51. The van der Waals surface area contributed by atoms with Gasteiger partial charge in [0.2, 0.25) is 0 Å². The molecule has 0 spiro atoms. The van der Waals surface area contributed by atoms with E-state index >= 15 is 0 Å². The van der Waals surface area contributed by atoms with Crippen molar-refractivity contribution in [2.24, 2.45) is 0 Å². The van der Waals surface area contributed by atoms with Crippen LogP contribution in [0.5, 0.6) is 0 Å². The highest BCUT2D eigenvalue weighted by Gasteiger charge is 2.14. The predicted molar refractivity (Wildman–Crippen MR) is 86.5 cm³/mol. The first-order valence-corrected chi connectivity index (χ1v) is 7.59. The molecule has 108 valence electrons. The number of hydrogen-bond acceptors (Lipinski definition) is 5. The molecule has 0 amide bonds. The number of aromatic nitrogens is 4. The number of nitrogens with zero attached hydrogens (tertiary/aromatic N) is 4. The Hall–Kier alpha value is -1.22. The van der Waals surface area contributed by atoms with E-state index in [1.54, 1.807) is 13.3 Å². The van der Waals surface area contributed by atoms with E-state index in [1.165, 1.54) is 0 Å². The van der Waals surface area contributed by atoms with Crippen molar-refractivity contribution in [1.29, 1.82) is 0 Å². The van der Waals surface area contributed by atoms with Gasteiger partial charge in [0.15, 0.2) is 5.82 Å². The first kappa shape index (κ1) is 15.2. The molecule has 0 fully saturated rings. The largest absolute Gasteiger partial charge is 0.378 e. The Balaban J connectivity index is 2.46. The fourth-order valence-corrected chi connectivity index (χ4v) is 2.38. The summed E-state index contributed by atoms with van der Waals surface area (Å²) < 4.78 is 8.07. The van der Waals surface area contributed by atoms with Gasteiger partial charge in [0.25, 0.3) is 0 Å². The van der Waals surface area contributed by atoms with Crippen LogP contribution < -0.4 is 5.32 Å². The highest BCUT2D eigenvalue weighted by molar-refractivity contribution is 14.1. The maximum absolute atomic E-state index is 5.22. The number of methoxy groups -OCH3 is 1. The number of ether oxygens (including phenoxy) is 1. The van der Waals surface area contributed by atoms with E-state index in [0.717, 1.165) is 33.7 Å². The van der Waals surface area contributed by atoms with Gasteiger partial charge in [-0.05, 0) is 36.4 Å². The molecule has 0 aliphatic rings. The van der Waals surface area contributed by atoms with Crippen LogP contribution in [0, 0.1) is 3.57 Å². The van der Waals surface area contributed by atoms with Gasteiger partial charge in [-0.15, -0.1) is 0 Å². The van der Waals surface area contributed by atoms with Gasteiger partial charge < -0.3 is 10.1 Å². The minimum atomic E-state index is 0.466. The molecule has 0 unspecified atom stereocenters. The van der Waals surface area contributed by atoms with E-state index in [0.29, 0.717) is 12.4 Å². The zero-order valence-electron chi connectivity index (χ0n) is 11.9. The highest BCUT2D eigenvalue weighted by Crippen LogP contribution is 2.24. The molecule has 2 aromatic rings. The van der Waals surface area contributed by atoms with Gasteiger partial charge in [-0.1, -0.05) is 0 Å². The zero-order valence-corrected chi connectivity index (χ0v) is 14.0. The van der Waals surface area contributed by atoms with E-state index in [2.05, 4.69) is 43.0 Å². The van der Waals surface area contributed by atoms with Crippen LogP contribution in [0.1, 0.15) is 19.5 Å². The number of hydrogen-bond donors (Lipinski definition) is 1. The molecule has 0 saturated carbocycles. The molecule has 2 heterocycles. The summed E-state index contributed by atoms with van der Waals surface area (Å²) in [6.45, 7) is 6.20. The molecule has 20 heavy (non-hydrogen) atoms. The summed E-state index contributed by atoms with van der Waals surface area (Å²) in [5, 5.41) is 7.53. The quantitative estimate of drug-likeness (QED) is 0.772.